The SMILES string of the molecule is c1cncc([C@@H]2CCC[C@H](NSc3ccc(-c4noc(C5CC5)n4)cc3)C2)c1. The second-order valence-electron chi connectivity index (χ2n) is 7.82. The van der Waals surface area contributed by atoms with E-state index in [-0.39, 0.29) is 0 Å². The van der Waals surface area contributed by atoms with Crippen molar-refractivity contribution in [3.05, 3.63) is 60.2 Å². The molecule has 2 aliphatic carbocycles. The van der Waals surface area contributed by atoms with E-state index in [1.807, 2.05) is 18.5 Å². The molecule has 5 nitrogen and oxygen atoms in total. The standard InChI is InChI=1S/C22H24N4OS/c1-3-17(18-4-2-12-23-14-18)13-19(5-1)26-28-20-10-8-15(9-11-20)21-24-22(27-25-21)16-6-7-16/h2,4,8-12,14,16-17,19,26H,1,3,5-7,13H2/t17-,19+/m1/s1. The molecular weight excluding hydrogens is 368 g/mol. The Morgan fingerprint density at radius 3 is 2.68 bits per heavy atom. The third-order valence-electron chi connectivity index (χ3n) is 5.65. The first-order valence-electron chi connectivity index (χ1n) is 10.1. The summed E-state index contributed by atoms with van der Waals surface area (Å²) in [7, 11) is 0. The van der Waals surface area contributed by atoms with E-state index < -0.39 is 0 Å². The highest BCUT2D eigenvalue weighted by atomic mass is 32.2. The molecule has 0 radical (unpaired) electrons. The van der Waals surface area contributed by atoms with Gasteiger partial charge in [0, 0.05) is 34.8 Å². The number of pyridine rings is 1. The van der Waals surface area contributed by atoms with Gasteiger partial charge in [-0.15, -0.1) is 0 Å². The van der Waals surface area contributed by atoms with Gasteiger partial charge in [-0.05, 0) is 85.9 Å². The smallest absolute Gasteiger partial charge is 0.230 e. The molecule has 0 amide bonds. The third-order valence-corrected chi connectivity index (χ3v) is 6.61. The average molecular weight is 393 g/mol. The summed E-state index contributed by atoms with van der Waals surface area (Å²) in [5.74, 6) is 2.58. The largest absolute Gasteiger partial charge is 0.339 e. The molecular formula is C22H24N4OS. The quantitative estimate of drug-likeness (QED) is 0.572. The summed E-state index contributed by atoms with van der Waals surface area (Å²) in [6.07, 6.45) is 11.1. The number of nitrogens with one attached hydrogen (secondary N) is 1. The highest BCUT2D eigenvalue weighted by molar-refractivity contribution is 7.97. The Labute approximate surface area is 169 Å². The molecule has 0 spiro atoms. The second kappa shape index (κ2) is 8.05. The van der Waals surface area contributed by atoms with Crippen LogP contribution in [0, 0.1) is 0 Å². The maximum atomic E-state index is 5.36. The van der Waals surface area contributed by atoms with Crippen molar-refractivity contribution in [2.24, 2.45) is 0 Å². The molecule has 2 fully saturated rings. The lowest BCUT2D eigenvalue weighted by atomic mass is 9.82. The van der Waals surface area contributed by atoms with Gasteiger partial charge in [0.25, 0.3) is 0 Å². The number of hydrogen-bond acceptors (Lipinski definition) is 6. The van der Waals surface area contributed by atoms with Crippen molar-refractivity contribution < 1.29 is 4.52 Å². The molecule has 0 bridgehead atoms. The Hall–Kier alpha value is -2.18. The first kappa shape index (κ1) is 17.9. The molecule has 3 aromatic rings. The Kier molecular flexibility index (Phi) is 5.14. The molecule has 0 aliphatic heterocycles. The van der Waals surface area contributed by atoms with Crippen molar-refractivity contribution >= 4 is 11.9 Å². The van der Waals surface area contributed by atoms with Gasteiger partial charge < -0.3 is 4.52 Å². The van der Waals surface area contributed by atoms with E-state index in [1.54, 1.807) is 11.9 Å². The summed E-state index contributed by atoms with van der Waals surface area (Å²) < 4.78 is 9.03. The van der Waals surface area contributed by atoms with Gasteiger partial charge in [0.2, 0.25) is 11.7 Å². The van der Waals surface area contributed by atoms with Crippen LogP contribution in [0.15, 0.2) is 58.2 Å². The second-order valence-corrected chi connectivity index (χ2v) is 8.73. The van der Waals surface area contributed by atoms with E-state index in [0.717, 1.165) is 11.5 Å². The number of nitrogens with zero attached hydrogens (tertiary/aromatic N) is 3. The van der Waals surface area contributed by atoms with Gasteiger partial charge in [0.15, 0.2) is 0 Å². The summed E-state index contributed by atoms with van der Waals surface area (Å²) in [6, 6.07) is 13.2. The zero-order valence-electron chi connectivity index (χ0n) is 15.8. The van der Waals surface area contributed by atoms with E-state index in [4.69, 9.17) is 4.52 Å². The molecule has 0 saturated heterocycles. The van der Waals surface area contributed by atoms with Crippen LogP contribution in [0.4, 0.5) is 0 Å². The van der Waals surface area contributed by atoms with Crippen LogP contribution in [0.5, 0.6) is 0 Å². The van der Waals surface area contributed by atoms with Crippen LogP contribution in [-0.2, 0) is 0 Å². The zero-order valence-corrected chi connectivity index (χ0v) is 16.6. The lowest BCUT2D eigenvalue weighted by Crippen LogP contribution is -2.29. The van der Waals surface area contributed by atoms with E-state index in [9.17, 15) is 0 Å². The summed E-state index contributed by atoms with van der Waals surface area (Å²) in [5, 5.41) is 4.12. The molecule has 144 valence electrons. The van der Waals surface area contributed by atoms with Crippen LogP contribution >= 0.6 is 11.9 Å². The normalized spacial score (nSPS) is 22.3. The molecule has 1 aromatic carbocycles. The maximum absolute atomic E-state index is 5.36. The van der Waals surface area contributed by atoms with Crippen LogP contribution < -0.4 is 4.72 Å². The van der Waals surface area contributed by atoms with Gasteiger partial charge in [-0.25, -0.2) is 0 Å². The zero-order chi connectivity index (χ0) is 18.8. The molecule has 2 saturated carbocycles. The monoisotopic (exact) mass is 392 g/mol. The molecule has 6 heteroatoms. The van der Waals surface area contributed by atoms with Crippen LogP contribution in [-0.4, -0.2) is 21.2 Å². The van der Waals surface area contributed by atoms with E-state index >= 15 is 0 Å². The fraction of sp³-hybridized carbons (Fsp3) is 0.409. The first-order chi connectivity index (χ1) is 13.8. The maximum Gasteiger partial charge on any atom is 0.230 e. The van der Waals surface area contributed by atoms with Crippen molar-refractivity contribution in [3.63, 3.8) is 0 Å². The van der Waals surface area contributed by atoms with Gasteiger partial charge in [0.1, 0.15) is 0 Å². The number of rotatable bonds is 6. The molecule has 2 aromatic heterocycles. The summed E-state index contributed by atoms with van der Waals surface area (Å²) >= 11 is 1.72. The lowest BCUT2D eigenvalue weighted by Gasteiger charge is -2.29. The number of aromatic nitrogens is 3. The van der Waals surface area contributed by atoms with Gasteiger partial charge >= 0.3 is 0 Å². The summed E-state index contributed by atoms with van der Waals surface area (Å²) in [4.78, 5) is 10.0. The van der Waals surface area contributed by atoms with Crippen molar-refractivity contribution in [2.45, 2.75) is 61.3 Å². The van der Waals surface area contributed by atoms with Crippen molar-refractivity contribution in [2.75, 3.05) is 0 Å². The summed E-state index contributed by atoms with van der Waals surface area (Å²) in [6.45, 7) is 0. The number of benzene rings is 1. The third kappa shape index (κ3) is 4.13. The van der Waals surface area contributed by atoms with Crippen LogP contribution in [0.25, 0.3) is 11.4 Å². The van der Waals surface area contributed by atoms with Crippen molar-refractivity contribution in [1.82, 2.24) is 19.8 Å². The molecule has 2 heterocycles. The van der Waals surface area contributed by atoms with Crippen LogP contribution in [0.2, 0.25) is 0 Å². The fourth-order valence-corrected chi connectivity index (χ4v) is 4.68. The Morgan fingerprint density at radius 1 is 1.00 bits per heavy atom. The average Bonchev–Trinajstić information content (AvgIpc) is 3.50. The molecule has 28 heavy (non-hydrogen) atoms. The summed E-state index contributed by atoms with van der Waals surface area (Å²) in [5.41, 5.74) is 2.38. The Morgan fingerprint density at radius 2 is 1.89 bits per heavy atom. The van der Waals surface area contributed by atoms with E-state index in [2.05, 4.69) is 50.2 Å². The molecule has 2 aliphatic rings. The highest BCUT2D eigenvalue weighted by Crippen LogP contribution is 2.39. The van der Waals surface area contributed by atoms with E-state index in [0.29, 0.717) is 23.7 Å². The minimum Gasteiger partial charge on any atom is -0.339 e. The van der Waals surface area contributed by atoms with Crippen molar-refractivity contribution in [3.8, 4) is 11.4 Å². The van der Waals surface area contributed by atoms with Gasteiger partial charge in [0.05, 0.1) is 0 Å². The number of hydrogen-bond donors (Lipinski definition) is 1. The Bertz CT molecular complexity index is 908. The van der Waals surface area contributed by atoms with E-state index in [1.165, 1.54) is 49.0 Å². The van der Waals surface area contributed by atoms with Crippen LogP contribution in [0.3, 0.4) is 0 Å². The highest BCUT2D eigenvalue weighted by Gasteiger charge is 2.29. The van der Waals surface area contributed by atoms with Gasteiger partial charge in [-0.1, -0.05) is 17.6 Å². The predicted octanol–water partition coefficient (Wildman–Crippen LogP) is 5.33. The Balaban J connectivity index is 1.17. The topological polar surface area (TPSA) is 63.8 Å². The van der Waals surface area contributed by atoms with Crippen molar-refractivity contribution in [1.29, 1.82) is 0 Å². The van der Waals surface area contributed by atoms with Crippen LogP contribution in [0.1, 0.15) is 61.8 Å². The lowest BCUT2D eigenvalue weighted by molar-refractivity contribution is 0.378. The van der Waals surface area contributed by atoms with Gasteiger partial charge in [-0.3, -0.25) is 9.71 Å². The minimum atomic E-state index is 0.492. The first-order valence-corrected chi connectivity index (χ1v) is 10.9. The minimum absolute atomic E-state index is 0.492. The predicted molar refractivity (Wildman–Crippen MR) is 110 cm³/mol. The molecule has 2 atom stereocenters. The molecule has 1 N–H and O–H groups in total. The fourth-order valence-electron chi connectivity index (χ4n) is 3.89. The molecule has 0 unspecified atom stereocenters. The van der Waals surface area contributed by atoms with Gasteiger partial charge in [-0.2, -0.15) is 4.98 Å². The molecule has 5 rings (SSSR count).